The van der Waals surface area contributed by atoms with E-state index in [9.17, 15) is 0 Å². The van der Waals surface area contributed by atoms with Crippen molar-refractivity contribution in [1.82, 2.24) is 10.3 Å². The second-order valence-corrected chi connectivity index (χ2v) is 4.63. The minimum Gasteiger partial charge on any atom is -0.366 e. The lowest BCUT2D eigenvalue weighted by Gasteiger charge is -2.52. The molecule has 0 unspecified atom stereocenters. The van der Waals surface area contributed by atoms with Crippen LogP contribution in [0.4, 0.5) is 5.69 Å². The number of hydrogen-bond acceptors (Lipinski definition) is 3. The highest BCUT2D eigenvalue weighted by molar-refractivity contribution is 5.49. The molecule has 0 bridgehead atoms. The van der Waals surface area contributed by atoms with E-state index in [0.29, 0.717) is 0 Å². The molecular formula is C12H17N3. The van der Waals surface area contributed by atoms with Crippen molar-refractivity contribution in [1.29, 1.82) is 0 Å². The van der Waals surface area contributed by atoms with Gasteiger partial charge in [0.2, 0.25) is 0 Å². The molecule has 2 fully saturated rings. The number of pyridine rings is 1. The van der Waals surface area contributed by atoms with E-state index in [1.165, 1.54) is 25.2 Å². The first-order chi connectivity index (χ1) is 7.34. The number of nitrogens with one attached hydrogen (secondary N) is 1. The highest BCUT2D eigenvalue weighted by atomic mass is 15.3. The molecule has 80 valence electrons. The quantitative estimate of drug-likeness (QED) is 0.743. The minimum absolute atomic E-state index is 0.760. The molecule has 15 heavy (non-hydrogen) atoms. The van der Waals surface area contributed by atoms with Crippen LogP contribution in [0.3, 0.4) is 0 Å². The fourth-order valence-corrected chi connectivity index (χ4v) is 2.68. The summed E-state index contributed by atoms with van der Waals surface area (Å²) < 4.78 is 0. The Bertz CT molecular complexity index is 346. The van der Waals surface area contributed by atoms with E-state index in [1.54, 1.807) is 0 Å². The Labute approximate surface area is 90.5 Å². The van der Waals surface area contributed by atoms with Crippen LogP contribution in [0.15, 0.2) is 18.3 Å². The third-order valence-corrected chi connectivity index (χ3v) is 3.63. The minimum atomic E-state index is 0.760. The van der Waals surface area contributed by atoms with E-state index in [1.807, 2.05) is 13.1 Å². The van der Waals surface area contributed by atoms with E-state index in [4.69, 9.17) is 0 Å². The fourth-order valence-electron chi connectivity index (χ4n) is 2.68. The van der Waals surface area contributed by atoms with Gasteiger partial charge in [0.25, 0.3) is 0 Å². The molecule has 2 atom stereocenters. The number of nitrogens with zero attached hydrogens (tertiary/aromatic N) is 2. The van der Waals surface area contributed by atoms with Crippen molar-refractivity contribution in [2.75, 3.05) is 24.5 Å². The van der Waals surface area contributed by atoms with Crippen LogP contribution < -0.4 is 10.2 Å². The molecule has 1 aromatic heterocycles. The molecular weight excluding hydrogens is 186 g/mol. The standard InChI is InChI=1S/C12H17N3/c1-9-2-3-11(7-14-9)15-8-10-6-13-5-4-12(10)15/h2-3,7,10,12-13H,4-6,8H2,1H3/t10-,12-/m1/s1. The van der Waals surface area contributed by atoms with Crippen LogP contribution in [0.25, 0.3) is 0 Å². The van der Waals surface area contributed by atoms with Crippen molar-refractivity contribution in [3.63, 3.8) is 0 Å². The molecule has 3 nitrogen and oxygen atoms in total. The monoisotopic (exact) mass is 203 g/mol. The molecule has 3 heteroatoms. The van der Waals surface area contributed by atoms with Gasteiger partial charge in [-0.05, 0) is 32.0 Å². The summed E-state index contributed by atoms with van der Waals surface area (Å²) in [6, 6.07) is 5.06. The molecule has 1 aromatic rings. The van der Waals surface area contributed by atoms with Crippen LogP contribution in [0, 0.1) is 12.8 Å². The lowest BCUT2D eigenvalue weighted by Crippen LogP contribution is -2.63. The van der Waals surface area contributed by atoms with Gasteiger partial charge in [0.1, 0.15) is 0 Å². The summed E-state index contributed by atoms with van der Waals surface area (Å²) in [6.45, 7) is 5.59. The topological polar surface area (TPSA) is 28.2 Å². The van der Waals surface area contributed by atoms with Crippen molar-refractivity contribution >= 4 is 5.69 Å². The second-order valence-electron chi connectivity index (χ2n) is 4.63. The lowest BCUT2D eigenvalue weighted by atomic mass is 9.83. The predicted molar refractivity (Wildman–Crippen MR) is 61.1 cm³/mol. The maximum Gasteiger partial charge on any atom is 0.0555 e. The predicted octanol–water partition coefficient (Wildman–Crippen LogP) is 1.19. The molecule has 0 radical (unpaired) electrons. The van der Waals surface area contributed by atoms with E-state index < -0.39 is 0 Å². The average molecular weight is 203 g/mol. The van der Waals surface area contributed by atoms with Crippen molar-refractivity contribution in [2.45, 2.75) is 19.4 Å². The van der Waals surface area contributed by atoms with Gasteiger partial charge in [-0.15, -0.1) is 0 Å². The van der Waals surface area contributed by atoms with Gasteiger partial charge in [0.15, 0.2) is 0 Å². The Balaban J connectivity index is 1.76. The summed E-state index contributed by atoms with van der Waals surface area (Å²) in [5.74, 6) is 0.861. The summed E-state index contributed by atoms with van der Waals surface area (Å²) in [6.07, 6.45) is 3.28. The number of aromatic nitrogens is 1. The van der Waals surface area contributed by atoms with Crippen LogP contribution in [-0.2, 0) is 0 Å². The smallest absolute Gasteiger partial charge is 0.0555 e. The van der Waals surface area contributed by atoms with Gasteiger partial charge in [0, 0.05) is 30.7 Å². The molecule has 0 amide bonds. The lowest BCUT2D eigenvalue weighted by molar-refractivity contribution is 0.230. The molecule has 2 aliphatic heterocycles. The molecule has 0 aromatic carbocycles. The third-order valence-electron chi connectivity index (χ3n) is 3.63. The van der Waals surface area contributed by atoms with Gasteiger partial charge in [-0.25, -0.2) is 0 Å². The zero-order chi connectivity index (χ0) is 10.3. The van der Waals surface area contributed by atoms with Gasteiger partial charge in [0.05, 0.1) is 11.9 Å². The maximum absolute atomic E-state index is 4.36. The first kappa shape index (κ1) is 9.16. The molecule has 2 saturated heterocycles. The van der Waals surface area contributed by atoms with E-state index >= 15 is 0 Å². The number of rotatable bonds is 1. The second kappa shape index (κ2) is 3.49. The van der Waals surface area contributed by atoms with Crippen molar-refractivity contribution < 1.29 is 0 Å². The summed E-state index contributed by atoms with van der Waals surface area (Å²) in [4.78, 5) is 6.86. The molecule has 3 rings (SSSR count). The van der Waals surface area contributed by atoms with Crippen LogP contribution in [0.5, 0.6) is 0 Å². The number of fused-ring (bicyclic) bond motifs is 1. The van der Waals surface area contributed by atoms with Crippen molar-refractivity contribution in [3.8, 4) is 0 Å². The average Bonchev–Trinajstić information content (AvgIpc) is 2.23. The molecule has 2 aliphatic rings. The summed E-state index contributed by atoms with van der Waals surface area (Å²) >= 11 is 0. The van der Waals surface area contributed by atoms with Crippen LogP contribution in [0.1, 0.15) is 12.1 Å². The van der Waals surface area contributed by atoms with Gasteiger partial charge in [-0.2, -0.15) is 0 Å². The molecule has 0 aliphatic carbocycles. The van der Waals surface area contributed by atoms with Crippen LogP contribution in [0.2, 0.25) is 0 Å². The molecule has 1 N–H and O–H groups in total. The highest BCUT2D eigenvalue weighted by Crippen LogP contribution is 2.33. The summed E-state index contributed by atoms with van der Waals surface area (Å²) in [7, 11) is 0. The van der Waals surface area contributed by atoms with Crippen LogP contribution >= 0.6 is 0 Å². The van der Waals surface area contributed by atoms with Gasteiger partial charge < -0.3 is 10.2 Å². The number of aryl methyl sites for hydroxylation is 1. The number of anilines is 1. The third kappa shape index (κ3) is 1.51. The van der Waals surface area contributed by atoms with E-state index in [-0.39, 0.29) is 0 Å². The Morgan fingerprint density at radius 3 is 3.13 bits per heavy atom. The van der Waals surface area contributed by atoms with Gasteiger partial charge >= 0.3 is 0 Å². The van der Waals surface area contributed by atoms with Crippen molar-refractivity contribution in [3.05, 3.63) is 24.0 Å². The molecule has 3 heterocycles. The zero-order valence-electron chi connectivity index (χ0n) is 9.11. The van der Waals surface area contributed by atoms with Gasteiger partial charge in [-0.3, -0.25) is 4.98 Å². The van der Waals surface area contributed by atoms with Gasteiger partial charge in [-0.1, -0.05) is 0 Å². The normalized spacial score (nSPS) is 29.5. The SMILES string of the molecule is Cc1ccc(N2C[C@H]3CNCC[C@H]32)cn1. The zero-order valence-corrected chi connectivity index (χ0v) is 9.11. The highest BCUT2D eigenvalue weighted by Gasteiger charge is 2.40. The Hall–Kier alpha value is -1.09. The first-order valence-electron chi connectivity index (χ1n) is 5.74. The van der Waals surface area contributed by atoms with Crippen LogP contribution in [-0.4, -0.2) is 30.7 Å². The first-order valence-corrected chi connectivity index (χ1v) is 5.74. The summed E-state index contributed by atoms with van der Waals surface area (Å²) in [5.41, 5.74) is 2.39. The van der Waals surface area contributed by atoms with Crippen molar-refractivity contribution in [2.24, 2.45) is 5.92 Å². The van der Waals surface area contributed by atoms with E-state index in [0.717, 1.165) is 24.2 Å². The Kier molecular flexibility index (Phi) is 2.13. The Morgan fingerprint density at radius 1 is 1.47 bits per heavy atom. The maximum atomic E-state index is 4.36. The summed E-state index contributed by atoms with van der Waals surface area (Å²) in [5, 5.41) is 3.46. The number of piperidine rings is 1. The number of hydrogen-bond donors (Lipinski definition) is 1. The fraction of sp³-hybridized carbons (Fsp3) is 0.583. The Morgan fingerprint density at radius 2 is 2.40 bits per heavy atom. The molecule has 0 spiro atoms. The largest absolute Gasteiger partial charge is 0.366 e. The molecule has 0 saturated carbocycles. The van der Waals surface area contributed by atoms with E-state index in [2.05, 4.69) is 27.3 Å².